The molecule has 198 valence electrons. The van der Waals surface area contributed by atoms with Crippen molar-refractivity contribution in [2.24, 2.45) is 0 Å². The molecule has 1 fully saturated rings. The molecule has 3 aromatic rings. The predicted molar refractivity (Wildman–Crippen MR) is 146 cm³/mol. The molecule has 0 saturated carbocycles. The summed E-state index contributed by atoms with van der Waals surface area (Å²) in [4.78, 5) is 42.7. The zero-order valence-electron chi connectivity index (χ0n) is 22.2. The summed E-state index contributed by atoms with van der Waals surface area (Å²) >= 11 is 0. The first kappa shape index (κ1) is 26.7. The van der Waals surface area contributed by atoms with Gasteiger partial charge in [0, 0.05) is 31.9 Å². The fraction of sp³-hybridized carbons (Fsp3) is 0.300. The maximum absolute atomic E-state index is 13.7. The number of aromatic hydroxyl groups is 1. The Morgan fingerprint density at radius 3 is 2.13 bits per heavy atom. The lowest BCUT2D eigenvalue weighted by atomic mass is 9.96. The molecule has 1 heterocycles. The second-order valence-electron chi connectivity index (χ2n) is 10.4. The van der Waals surface area contributed by atoms with Gasteiger partial charge in [0.15, 0.2) is 0 Å². The Bertz CT molecular complexity index is 1340. The number of hydrogen-bond acceptors (Lipinski definition) is 5. The van der Waals surface area contributed by atoms with Gasteiger partial charge in [-0.2, -0.15) is 0 Å². The maximum Gasteiger partial charge on any atom is 0.410 e. The highest BCUT2D eigenvalue weighted by atomic mass is 16.6. The first-order valence-corrected chi connectivity index (χ1v) is 12.6. The van der Waals surface area contributed by atoms with Crippen molar-refractivity contribution in [1.29, 1.82) is 0 Å². The van der Waals surface area contributed by atoms with E-state index < -0.39 is 23.5 Å². The Kier molecular flexibility index (Phi) is 7.71. The normalized spacial score (nSPS) is 13.7. The third-order valence-electron chi connectivity index (χ3n) is 6.18. The van der Waals surface area contributed by atoms with E-state index >= 15 is 0 Å². The van der Waals surface area contributed by atoms with Gasteiger partial charge < -0.3 is 25.0 Å². The number of anilines is 1. The van der Waals surface area contributed by atoms with Crippen LogP contribution in [0.25, 0.3) is 11.1 Å². The third-order valence-corrected chi connectivity index (χ3v) is 6.18. The van der Waals surface area contributed by atoms with Crippen LogP contribution in [0.1, 0.15) is 47.1 Å². The number of benzene rings is 3. The van der Waals surface area contributed by atoms with Gasteiger partial charge in [-0.05, 0) is 68.7 Å². The van der Waals surface area contributed by atoms with Gasteiger partial charge >= 0.3 is 6.09 Å². The first-order chi connectivity index (χ1) is 18.0. The number of carbonyl (C=O) groups is 3. The molecular weight excluding hydrogens is 482 g/mol. The zero-order valence-corrected chi connectivity index (χ0v) is 22.2. The average molecular weight is 516 g/mol. The number of aryl methyl sites for hydroxylation is 1. The van der Waals surface area contributed by atoms with Gasteiger partial charge in [0.25, 0.3) is 11.8 Å². The van der Waals surface area contributed by atoms with E-state index in [1.807, 2.05) is 55.5 Å². The van der Waals surface area contributed by atoms with Gasteiger partial charge in [-0.25, -0.2) is 4.79 Å². The summed E-state index contributed by atoms with van der Waals surface area (Å²) < 4.78 is 5.44. The Morgan fingerprint density at radius 1 is 0.842 bits per heavy atom. The molecule has 1 aliphatic rings. The van der Waals surface area contributed by atoms with Crippen LogP contribution < -0.4 is 5.32 Å². The summed E-state index contributed by atoms with van der Waals surface area (Å²) in [6, 6.07) is 19.8. The van der Waals surface area contributed by atoms with Gasteiger partial charge in [-0.1, -0.05) is 42.5 Å². The second-order valence-corrected chi connectivity index (χ2v) is 10.4. The van der Waals surface area contributed by atoms with Crippen molar-refractivity contribution in [3.8, 4) is 16.9 Å². The molecule has 0 aliphatic carbocycles. The van der Waals surface area contributed by atoms with Crippen LogP contribution in [0.5, 0.6) is 5.75 Å². The van der Waals surface area contributed by atoms with Crippen LogP contribution in [0, 0.1) is 6.92 Å². The smallest absolute Gasteiger partial charge is 0.410 e. The topological polar surface area (TPSA) is 99.2 Å². The second kappa shape index (κ2) is 11.0. The largest absolute Gasteiger partial charge is 0.507 e. The molecule has 2 N–H and O–H groups in total. The molecule has 0 unspecified atom stereocenters. The summed E-state index contributed by atoms with van der Waals surface area (Å²) in [5.74, 6) is -1.25. The summed E-state index contributed by atoms with van der Waals surface area (Å²) in [5.41, 5.74) is 2.37. The third kappa shape index (κ3) is 6.32. The number of rotatable bonds is 4. The maximum atomic E-state index is 13.7. The Labute approximate surface area is 222 Å². The summed E-state index contributed by atoms with van der Waals surface area (Å²) in [6.07, 6.45) is -0.433. The Hall–Kier alpha value is -4.33. The van der Waals surface area contributed by atoms with Gasteiger partial charge in [0.1, 0.15) is 11.4 Å². The average Bonchev–Trinajstić information content (AvgIpc) is 2.87. The number of phenols is 1. The number of hydrogen-bond donors (Lipinski definition) is 2. The van der Waals surface area contributed by atoms with Crippen molar-refractivity contribution in [3.63, 3.8) is 0 Å². The van der Waals surface area contributed by atoms with Crippen molar-refractivity contribution in [1.82, 2.24) is 9.80 Å². The minimum absolute atomic E-state index is 0.0689. The van der Waals surface area contributed by atoms with E-state index in [1.165, 1.54) is 6.07 Å². The van der Waals surface area contributed by atoms with Crippen molar-refractivity contribution in [2.45, 2.75) is 33.3 Å². The summed E-state index contributed by atoms with van der Waals surface area (Å²) in [6.45, 7) is 8.39. The van der Waals surface area contributed by atoms with Gasteiger partial charge in [-0.3, -0.25) is 9.59 Å². The molecule has 1 saturated heterocycles. The summed E-state index contributed by atoms with van der Waals surface area (Å²) in [7, 11) is 0. The van der Waals surface area contributed by atoms with E-state index in [0.717, 1.165) is 11.1 Å². The molecule has 4 rings (SSSR count). The quantitative estimate of drug-likeness (QED) is 0.490. The van der Waals surface area contributed by atoms with Crippen molar-refractivity contribution in [3.05, 3.63) is 83.4 Å². The lowest BCUT2D eigenvalue weighted by Crippen LogP contribution is -2.51. The predicted octanol–water partition coefficient (Wildman–Crippen LogP) is 5.31. The number of nitrogens with one attached hydrogen (secondary N) is 1. The minimum Gasteiger partial charge on any atom is -0.507 e. The molecular formula is C30H33N3O5. The standard InChI is InChI=1S/C30H33N3O5/c1-20-9-8-12-23(17-20)31-27(35)24-18-22(21-10-6-5-7-11-21)19-25(34)26(24)28(36)32-13-15-33(16-14-32)29(37)38-30(2,3)4/h5-12,17-19,34H,13-16H2,1-4H3,(H,31,35). The lowest BCUT2D eigenvalue weighted by molar-refractivity contribution is 0.0140. The molecule has 0 atom stereocenters. The summed E-state index contributed by atoms with van der Waals surface area (Å²) in [5, 5.41) is 13.9. The molecule has 1 aliphatic heterocycles. The van der Waals surface area contributed by atoms with Crippen molar-refractivity contribution < 1.29 is 24.2 Å². The fourth-order valence-corrected chi connectivity index (χ4v) is 4.33. The molecule has 0 aromatic heterocycles. The highest BCUT2D eigenvalue weighted by Crippen LogP contribution is 2.32. The zero-order chi connectivity index (χ0) is 27.4. The number of carbonyl (C=O) groups excluding carboxylic acids is 3. The number of piperazine rings is 1. The number of phenolic OH excluding ortho intramolecular Hbond substituents is 1. The van der Waals surface area contributed by atoms with Crippen LogP contribution in [0.3, 0.4) is 0 Å². The first-order valence-electron chi connectivity index (χ1n) is 12.6. The van der Waals surface area contributed by atoms with Crippen LogP contribution in [-0.4, -0.2) is 64.6 Å². The van der Waals surface area contributed by atoms with Crippen LogP contribution >= 0.6 is 0 Å². The van der Waals surface area contributed by atoms with E-state index in [-0.39, 0.29) is 43.1 Å². The molecule has 38 heavy (non-hydrogen) atoms. The van der Waals surface area contributed by atoms with E-state index in [9.17, 15) is 19.5 Å². The van der Waals surface area contributed by atoms with E-state index in [1.54, 1.807) is 42.7 Å². The van der Waals surface area contributed by atoms with Crippen LogP contribution in [0.15, 0.2) is 66.7 Å². The van der Waals surface area contributed by atoms with Gasteiger partial charge in [0.2, 0.25) is 0 Å². The van der Waals surface area contributed by atoms with Crippen molar-refractivity contribution >= 4 is 23.6 Å². The van der Waals surface area contributed by atoms with Gasteiger partial charge in [0.05, 0.1) is 11.1 Å². The highest BCUT2D eigenvalue weighted by Gasteiger charge is 2.31. The van der Waals surface area contributed by atoms with E-state index in [0.29, 0.717) is 11.3 Å². The van der Waals surface area contributed by atoms with Crippen LogP contribution in [-0.2, 0) is 4.74 Å². The Balaban J connectivity index is 1.63. The molecule has 8 heteroatoms. The monoisotopic (exact) mass is 515 g/mol. The van der Waals surface area contributed by atoms with Crippen LogP contribution in [0.2, 0.25) is 0 Å². The molecule has 8 nitrogen and oxygen atoms in total. The van der Waals surface area contributed by atoms with Gasteiger partial charge in [-0.15, -0.1) is 0 Å². The number of nitrogens with zero attached hydrogens (tertiary/aromatic N) is 2. The fourth-order valence-electron chi connectivity index (χ4n) is 4.33. The van der Waals surface area contributed by atoms with E-state index in [4.69, 9.17) is 4.74 Å². The molecule has 0 spiro atoms. The van der Waals surface area contributed by atoms with E-state index in [2.05, 4.69) is 5.32 Å². The number of ether oxygens (including phenoxy) is 1. The Morgan fingerprint density at radius 2 is 1.50 bits per heavy atom. The van der Waals surface area contributed by atoms with Crippen LogP contribution in [0.4, 0.5) is 10.5 Å². The lowest BCUT2D eigenvalue weighted by Gasteiger charge is -2.36. The number of amides is 3. The SMILES string of the molecule is Cc1cccc(NC(=O)c2cc(-c3ccccc3)cc(O)c2C(=O)N2CCN(C(=O)OC(C)(C)C)CC2)c1. The minimum atomic E-state index is -0.615. The molecule has 0 radical (unpaired) electrons. The van der Waals surface area contributed by atoms with Crippen molar-refractivity contribution in [2.75, 3.05) is 31.5 Å². The highest BCUT2D eigenvalue weighted by molar-refractivity contribution is 6.14. The molecule has 3 aromatic carbocycles. The molecule has 3 amide bonds. The molecule has 0 bridgehead atoms.